The molecule has 4 heterocycles. The Morgan fingerprint density at radius 1 is 0.935 bits per heavy atom. The molecule has 5 atom stereocenters. The fourth-order valence-electron chi connectivity index (χ4n) is 4.44. The lowest BCUT2D eigenvalue weighted by Crippen LogP contribution is -2.58. The number of benzene rings is 1. The van der Waals surface area contributed by atoms with Crippen LogP contribution in [0.3, 0.4) is 0 Å². The molecule has 5 rings (SSSR count). The minimum absolute atomic E-state index is 0.390. The number of anilines is 1. The van der Waals surface area contributed by atoms with Gasteiger partial charge in [0.2, 0.25) is 0 Å². The smallest absolute Gasteiger partial charge is 0.336 e. The lowest BCUT2D eigenvalue weighted by molar-refractivity contribution is -0.229. The van der Waals surface area contributed by atoms with Crippen LogP contribution in [0, 0.1) is 6.92 Å². The van der Waals surface area contributed by atoms with Crippen molar-refractivity contribution in [3.63, 3.8) is 0 Å². The SMILES string of the molecule is Cc1cc(=O)oc2cc(NC(=O)[C@@H]3O[C@@H]4OC(C)(C)O[C@@H]4[C@H]4OC(C)(C)O[C@H]43)ccc12. The Labute approximate surface area is 178 Å². The van der Waals surface area contributed by atoms with Gasteiger partial charge in [-0.05, 0) is 52.3 Å². The molecule has 0 bridgehead atoms. The number of carbonyl (C=O) groups is 1. The summed E-state index contributed by atoms with van der Waals surface area (Å²) >= 11 is 0. The molecule has 1 amide bonds. The maximum atomic E-state index is 13.2. The summed E-state index contributed by atoms with van der Waals surface area (Å²) in [5, 5.41) is 3.62. The molecule has 9 heteroatoms. The summed E-state index contributed by atoms with van der Waals surface area (Å²) in [7, 11) is 0. The molecule has 0 saturated carbocycles. The highest BCUT2D eigenvalue weighted by Crippen LogP contribution is 2.44. The Morgan fingerprint density at radius 3 is 2.39 bits per heavy atom. The van der Waals surface area contributed by atoms with E-state index in [0.29, 0.717) is 11.3 Å². The van der Waals surface area contributed by atoms with Crippen LogP contribution in [0.4, 0.5) is 5.69 Å². The lowest BCUT2D eigenvalue weighted by atomic mass is 9.98. The number of nitrogens with one attached hydrogen (secondary N) is 1. The summed E-state index contributed by atoms with van der Waals surface area (Å²) < 4.78 is 35.1. The summed E-state index contributed by atoms with van der Waals surface area (Å²) in [5.41, 5.74) is 1.21. The van der Waals surface area contributed by atoms with Gasteiger partial charge in [-0.1, -0.05) is 0 Å². The average molecular weight is 431 g/mol. The van der Waals surface area contributed by atoms with E-state index in [1.165, 1.54) is 6.07 Å². The summed E-state index contributed by atoms with van der Waals surface area (Å²) in [5.74, 6) is -2.18. The Bertz CT molecular complexity index is 1110. The number of rotatable bonds is 2. The number of amides is 1. The second-order valence-electron chi connectivity index (χ2n) is 9.04. The van der Waals surface area contributed by atoms with Crippen LogP contribution in [-0.4, -0.2) is 48.2 Å². The van der Waals surface area contributed by atoms with Gasteiger partial charge in [-0.3, -0.25) is 4.79 Å². The van der Waals surface area contributed by atoms with E-state index in [-0.39, 0.29) is 0 Å². The van der Waals surface area contributed by atoms with E-state index in [1.807, 2.05) is 6.92 Å². The predicted molar refractivity (Wildman–Crippen MR) is 108 cm³/mol. The molecule has 0 radical (unpaired) electrons. The van der Waals surface area contributed by atoms with Crippen LogP contribution in [-0.2, 0) is 28.5 Å². The van der Waals surface area contributed by atoms with Crippen LogP contribution in [0.15, 0.2) is 33.5 Å². The van der Waals surface area contributed by atoms with Gasteiger partial charge in [-0.15, -0.1) is 0 Å². The maximum Gasteiger partial charge on any atom is 0.336 e. The lowest BCUT2D eigenvalue weighted by Gasteiger charge is -2.36. The molecular weight excluding hydrogens is 406 g/mol. The predicted octanol–water partition coefficient (Wildman–Crippen LogP) is 2.44. The first kappa shape index (κ1) is 20.6. The van der Waals surface area contributed by atoms with E-state index in [0.717, 1.165) is 10.9 Å². The normalized spacial score (nSPS) is 33.1. The number of hydrogen-bond acceptors (Lipinski definition) is 8. The number of ether oxygens (including phenoxy) is 5. The Morgan fingerprint density at radius 2 is 1.61 bits per heavy atom. The zero-order valence-corrected chi connectivity index (χ0v) is 18.0. The fourth-order valence-corrected chi connectivity index (χ4v) is 4.44. The second-order valence-corrected chi connectivity index (χ2v) is 9.04. The second kappa shape index (κ2) is 6.85. The first-order chi connectivity index (χ1) is 14.5. The van der Waals surface area contributed by atoms with Crippen molar-refractivity contribution in [2.24, 2.45) is 0 Å². The van der Waals surface area contributed by atoms with E-state index in [4.69, 9.17) is 28.1 Å². The van der Waals surface area contributed by atoms with Crippen LogP contribution in [0.5, 0.6) is 0 Å². The van der Waals surface area contributed by atoms with Crippen LogP contribution >= 0.6 is 0 Å². The summed E-state index contributed by atoms with van der Waals surface area (Å²) in [4.78, 5) is 24.9. The van der Waals surface area contributed by atoms with Crippen molar-refractivity contribution < 1.29 is 32.9 Å². The van der Waals surface area contributed by atoms with Crippen LogP contribution < -0.4 is 10.9 Å². The van der Waals surface area contributed by atoms with Crippen molar-refractivity contribution in [2.75, 3.05) is 5.32 Å². The monoisotopic (exact) mass is 431 g/mol. The molecule has 3 saturated heterocycles. The van der Waals surface area contributed by atoms with Crippen molar-refractivity contribution >= 4 is 22.6 Å². The summed E-state index contributed by atoms with van der Waals surface area (Å²) in [6.07, 6.45) is -3.45. The topological polar surface area (TPSA) is 105 Å². The van der Waals surface area contributed by atoms with Crippen LogP contribution in [0.1, 0.15) is 33.3 Å². The molecule has 1 aromatic carbocycles. The molecule has 2 aromatic rings. The Hall–Kier alpha value is -2.30. The molecule has 1 N–H and O–H groups in total. The summed E-state index contributed by atoms with van der Waals surface area (Å²) in [6, 6.07) is 6.57. The van der Waals surface area contributed by atoms with Gasteiger partial charge in [0.1, 0.15) is 23.9 Å². The fraction of sp³-hybridized carbons (Fsp3) is 0.545. The largest absolute Gasteiger partial charge is 0.423 e. The molecule has 31 heavy (non-hydrogen) atoms. The van der Waals surface area contributed by atoms with Gasteiger partial charge in [-0.2, -0.15) is 0 Å². The Balaban J connectivity index is 1.42. The third kappa shape index (κ3) is 3.66. The number of fused-ring (bicyclic) bond motifs is 4. The molecular formula is C22H25NO8. The highest BCUT2D eigenvalue weighted by atomic mass is 16.9. The molecule has 0 spiro atoms. The molecule has 0 aliphatic carbocycles. The van der Waals surface area contributed by atoms with Crippen molar-refractivity contribution in [3.05, 3.63) is 40.2 Å². The van der Waals surface area contributed by atoms with Crippen molar-refractivity contribution in [1.82, 2.24) is 0 Å². The minimum Gasteiger partial charge on any atom is -0.423 e. The van der Waals surface area contributed by atoms with Gasteiger partial charge in [0.25, 0.3) is 5.91 Å². The average Bonchev–Trinajstić information content (AvgIpc) is 3.14. The van der Waals surface area contributed by atoms with E-state index < -0.39 is 53.8 Å². The molecule has 9 nitrogen and oxygen atoms in total. The van der Waals surface area contributed by atoms with E-state index in [2.05, 4.69) is 5.32 Å². The Kier molecular flexibility index (Phi) is 4.55. The maximum absolute atomic E-state index is 13.2. The third-order valence-electron chi connectivity index (χ3n) is 5.63. The van der Waals surface area contributed by atoms with E-state index in [9.17, 15) is 9.59 Å². The van der Waals surface area contributed by atoms with Gasteiger partial charge in [-0.25, -0.2) is 4.79 Å². The third-order valence-corrected chi connectivity index (χ3v) is 5.63. The van der Waals surface area contributed by atoms with Gasteiger partial charge < -0.3 is 33.4 Å². The zero-order valence-electron chi connectivity index (χ0n) is 18.0. The minimum atomic E-state index is -0.981. The van der Waals surface area contributed by atoms with Crippen molar-refractivity contribution in [1.29, 1.82) is 0 Å². The first-order valence-corrected chi connectivity index (χ1v) is 10.2. The standard InChI is InChI=1S/C22H25NO8/c1-10-8-14(24)26-13-9-11(6-7-12(10)13)23-19(25)17-15-16(29-21(2,3)28-15)18-20(27-17)31-22(4,5)30-18/h6-9,15-18,20H,1-5H3,(H,23,25)/t15-,16+,17-,18-,20-/m1/s1. The number of aryl methyl sites for hydroxylation is 1. The summed E-state index contributed by atoms with van der Waals surface area (Å²) in [6.45, 7) is 8.96. The molecule has 3 aliphatic heterocycles. The molecule has 1 aromatic heterocycles. The highest BCUT2D eigenvalue weighted by molar-refractivity contribution is 5.96. The van der Waals surface area contributed by atoms with Crippen molar-refractivity contribution in [2.45, 2.75) is 76.9 Å². The van der Waals surface area contributed by atoms with Gasteiger partial charge in [0, 0.05) is 23.2 Å². The molecule has 0 unspecified atom stereocenters. The van der Waals surface area contributed by atoms with Gasteiger partial charge in [0.05, 0.1) is 0 Å². The quantitative estimate of drug-likeness (QED) is 0.723. The van der Waals surface area contributed by atoms with Crippen LogP contribution in [0.25, 0.3) is 11.0 Å². The van der Waals surface area contributed by atoms with E-state index >= 15 is 0 Å². The molecule has 3 fully saturated rings. The highest BCUT2D eigenvalue weighted by Gasteiger charge is 2.62. The van der Waals surface area contributed by atoms with Crippen molar-refractivity contribution in [3.8, 4) is 0 Å². The number of carbonyl (C=O) groups excluding carboxylic acids is 1. The molecule has 3 aliphatic rings. The van der Waals surface area contributed by atoms with Gasteiger partial charge >= 0.3 is 5.63 Å². The van der Waals surface area contributed by atoms with Gasteiger partial charge in [0.15, 0.2) is 24.0 Å². The van der Waals surface area contributed by atoms with E-state index in [1.54, 1.807) is 45.9 Å². The molecule has 166 valence electrons. The van der Waals surface area contributed by atoms with Crippen LogP contribution in [0.2, 0.25) is 0 Å². The number of hydrogen-bond donors (Lipinski definition) is 1. The first-order valence-electron chi connectivity index (χ1n) is 10.2. The zero-order chi connectivity index (χ0) is 22.1.